The van der Waals surface area contributed by atoms with E-state index < -0.39 is 15.8 Å². The first kappa shape index (κ1) is 16.9. The van der Waals surface area contributed by atoms with E-state index >= 15 is 0 Å². The highest BCUT2D eigenvalue weighted by Crippen LogP contribution is 2.27. The van der Waals surface area contributed by atoms with Crippen molar-refractivity contribution < 1.29 is 12.8 Å². The molecular formula is C16H16FN3O2S2. The van der Waals surface area contributed by atoms with Crippen molar-refractivity contribution in [2.24, 2.45) is 0 Å². The van der Waals surface area contributed by atoms with Gasteiger partial charge >= 0.3 is 0 Å². The van der Waals surface area contributed by atoms with Crippen molar-refractivity contribution in [3.05, 3.63) is 46.6 Å². The van der Waals surface area contributed by atoms with Gasteiger partial charge in [0.25, 0.3) is 10.0 Å². The third-order valence-corrected chi connectivity index (χ3v) is 7.36. The van der Waals surface area contributed by atoms with E-state index in [1.807, 2.05) is 17.9 Å². The maximum absolute atomic E-state index is 13.7. The molecule has 1 fully saturated rings. The van der Waals surface area contributed by atoms with Gasteiger partial charge in [-0.1, -0.05) is 6.07 Å². The Morgan fingerprint density at radius 3 is 2.46 bits per heavy atom. The van der Waals surface area contributed by atoms with E-state index in [0.717, 1.165) is 4.88 Å². The number of aryl methyl sites for hydroxylation is 1. The van der Waals surface area contributed by atoms with Crippen molar-refractivity contribution in [2.75, 3.05) is 31.1 Å². The lowest BCUT2D eigenvalue weighted by atomic mass is 10.1. The molecule has 0 saturated carbocycles. The number of benzene rings is 1. The zero-order valence-corrected chi connectivity index (χ0v) is 14.7. The molecule has 2 heterocycles. The summed E-state index contributed by atoms with van der Waals surface area (Å²) >= 11 is 1.26. The smallest absolute Gasteiger partial charge is 0.252 e. The summed E-state index contributed by atoms with van der Waals surface area (Å²) in [5, 5.41) is 9.14. The van der Waals surface area contributed by atoms with Crippen molar-refractivity contribution >= 4 is 27.0 Å². The molecule has 0 amide bonds. The second-order valence-electron chi connectivity index (χ2n) is 5.50. The van der Waals surface area contributed by atoms with Crippen LogP contribution in [0.4, 0.5) is 10.1 Å². The molecule has 0 spiro atoms. The Morgan fingerprint density at radius 2 is 1.88 bits per heavy atom. The molecule has 8 heteroatoms. The van der Waals surface area contributed by atoms with Crippen molar-refractivity contribution in [1.82, 2.24) is 4.31 Å². The lowest BCUT2D eigenvalue weighted by Gasteiger charge is -2.35. The Balaban J connectivity index is 1.77. The van der Waals surface area contributed by atoms with E-state index in [0.29, 0.717) is 36.1 Å². The lowest BCUT2D eigenvalue weighted by molar-refractivity contribution is 0.385. The van der Waals surface area contributed by atoms with Gasteiger partial charge in [-0.25, -0.2) is 12.8 Å². The lowest BCUT2D eigenvalue weighted by Crippen LogP contribution is -2.48. The van der Waals surface area contributed by atoms with Gasteiger partial charge in [-0.15, -0.1) is 11.3 Å². The summed E-state index contributed by atoms with van der Waals surface area (Å²) in [6.45, 7) is 3.32. The molecule has 0 atom stereocenters. The Bertz CT molecular complexity index is 894. The highest BCUT2D eigenvalue weighted by molar-refractivity contribution is 7.91. The number of anilines is 1. The molecule has 0 unspecified atom stereocenters. The van der Waals surface area contributed by atoms with Crippen LogP contribution in [0.5, 0.6) is 0 Å². The number of sulfonamides is 1. The van der Waals surface area contributed by atoms with Crippen LogP contribution in [-0.4, -0.2) is 38.9 Å². The Kier molecular flexibility index (Phi) is 4.58. The molecule has 1 aliphatic rings. The van der Waals surface area contributed by atoms with E-state index in [4.69, 9.17) is 5.26 Å². The monoisotopic (exact) mass is 365 g/mol. The van der Waals surface area contributed by atoms with Gasteiger partial charge in [-0.2, -0.15) is 9.57 Å². The first-order valence-corrected chi connectivity index (χ1v) is 9.69. The zero-order valence-electron chi connectivity index (χ0n) is 13.1. The second-order valence-corrected chi connectivity index (χ2v) is 8.95. The second kappa shape index (κ2) is 6.51. The molecular weight excluding hydrogens is 349 g/mol. The largest absolute Gasteiger partial charge is 0.368 e. The van der Waals surface area contributed by atoms with Crippen molar-refractivity contribution in [3.8, 4) is 6.07 Å². The van der Waals surface area contributed by atoms with E-state index in [1.54, 1.807) is 24.3 Å². The van der Waals surface area contributed by atoms with E-state index in [-0.39, 0.29) is 5.56 Å². The van der Waals surface area contributed by atoms with Gasteiger partial charge in [0.15, 0.2) is 0 Å². The average Bonchev–Trinajstić information content (AvgIpc) is 3.02. The number of thiophene rings is 1. The summed E-state index contributed by atoms with van der Waals surface area (Å²) in [6, 6.07) is 9.80. The number of nitriles is 1. The molecule has 0 bridgehead atoms. The summed E-state index contributed by atoms with van der Waals surface area (Å²) in [6.07, 6.45) is 0. The number of hydrogen-bond donors (Lipinski definition) is 0. The van der Waals surface area contributed by atoms with Crippen molar-refractivity contribution in [2.45, 2.75) is 11.1 Å². The van der Waals surface area contributed by atoms with Gasteiger partial charge in [0.1, 0.15) is 21.7 Å². The SMILES string of the molecule is Cc1ccc(S(=O)(=O)N2CCN(c3cccc(F)c3C#N)CC2)s1. The third-order valence-electron chi connectivity index (χ3n) is 3.99. The molecule has 0 radical (unpaired) electrons. The third kappa shape index (κ3) is 3.02. The number of rotatable bonds is 3. The minimum atomic E-state index is -3.48. The molecule has 5 nitrogen and oxygen atoms in total. The van der Waals surface area contributed by atoms with Crippen LogP contribution in [0.2, 0.25) is 0 Å². The van der Waals surface area contributed by atoms with Crippen LogP contribution in [-0.2, 0) is 10.0 Å². The van der Waals surface area contributed by atoms with Gasteiger partial charge < -0.3 is 4.90 Å². The maximum Gasteiger partial charge on any atom is 0.252 e. The highest BCUT2D eigenvalue weighted by atomic mass is 32.2. The number of halogens is 1. The summed E-state index contributed by atoms with van der Waals surface area (Å²) in [7, 11) is -3.48. The number of piperazine rings is 1. The summed E-state index contributed by atoms with van der Waals surface area (Å²) in [4.78, 5) is 2.80. The van der Waals surface area contributed by atoms with Crippen LogP contribution in [0.15, 0.2) is 34.5 Å². The number of hydrogen-bond acceptors (Lipinski definition) is 5. The molecule has 1 aromatic heterocycles. The van der Waals surface area contributed by atoms with Gasteiger partial charge in [0, 0.05) is 31.1 Å². The minimum absolute atomic E-state index is 0.00249. The fraction of sp³-hybridized carbons (Fsp3) is 0.312. The normalized spacial score (nSPS) is 16.1. The fourth-order valence-electron chi connectivity index (χ4n) is 2.73. The molecule has 3 rings (SSSR count). The Morgan fingerprint density at radius 1 is 1.17 bits per heavy atom. The molecule has 24 heavy (non-hydrogen) atoms. The van der Waals surface area contributed by atoms with Crippen LogP contribution < -0.4 is 4.90 Å². The molecule has 0 N–H and O–H groups in total. The molecule has 126 valence electrons. The van der Waals surface area contributed by atoms with Crippen LogP contribution in [0.1, 0.15) is 10.4 Å². The molecule has 2 aromatic rings. The maximum atomic E-state index is 13.7. The topological polar surface area (TPSA) is 64.4 Å². The van der Waals surface area contributed by atoms with Gasteiger partial charge in [0.05, 0.1) is 5.69 Å². The Hall–Kier alpha value is -1.95. The van der Waals surface area contributed by atoms with Crippen LogP contribution in [0.25, 0.3) is 0 Å². The van der Waals surface area contributed by atoms with E-state index in [2.05, 4.69) is 0 Å². The quantitative estimate of drug-likeness (QED) is 0.839. The van der Waals surface area contributed by atoms with E-state index in [9.17, 15) is 12.8 Å². The summed E-state index contributed by atoms with van der Waals surface area (Å²) in [5.74, 6) is -0.556. The molecule has 1 aliphatic heterocycles. The molecule has 1 saturated heterocycles. The van der Waals surface area contributed by atoms with E-state index in [1.165, 1.54) is 21.7 Å². The van der Waals surface area contributed by atoms with Gasteiger partial charge in [-0.3, -0.25) is 0 Å². The average molecular weight is 365 g/mol. The standard InChI is InChI=1S/C16H16FN3O2S2/c1-12-5-6-16(23-12)24(21,22)20-9-7-19(8-10-20)15-4-2-3-14(17)13(15)11-18/h2-6H,7-10H2,1H3. The van der Waals surface area contributed by atoms with Crippen molar-refractivity contribution in [3.63, 3.8) is 0 Å². The summed E-state index contributed by atoms with van der Waals surface area (Å²) in [5.41, 5.74) is 0.518. The molecule has 0 aliphatic carbocycles. The van der Waals surface area contributed by atoms with Gasteiger partial charge in [-0.05, 0) is 31.2 Å². The highest BCUT2D eigenvalue weighted by Gasteiger charge is 2.30. The van der Waals surface area contributed by atoms with Crippen LogP contribution in [0, 0.1) is 24.1 Å². The van der Waals surface area contributed by atoms with Crippen LogP contribution in [0.3, 0.4) is 0 Å². The first-order valence-electron chi connectivity index (χ1n) is 7.43. The predicted molar refractivity (Wildman–Crippen MR) is 91.1 cm³/mol. The molecule has 1 aromatic carbocycles. The zero-order chi connectivity index (χ0) is 17.3. The van der Waals surface area contributed by atoms with Gasteiger partial charge in [0.2, 0.25) is 0 Å². The predicted octanol–water partition coefficient (Wildman–Crippen LogP) is 2.58. The number of nitrogens with zero attached hydrogens (tertiary/aromatic N) is 3. The first-order chi connectivity index (χ1) is 11.4. The van der Waals surface area contributed by atoms with Crippen molar-refractivity contribution in [1.29, 1.82) is 5.26 Å². The summed E-state index contributed by atoms with van der Waals surface area (Å²) < 4.78 is 40.8. The fourth-order valence-corrected chi connectivity index (χ4v) is 5.59. The Labute approximate surface area is 144 Å². The van der Waals surface area contributed by atoms with Crippen LogP contribution >= 0.6 is 11.3 Å². The minimum Gasteiger partial charge on any atom is -0.368 e.